The number of fused-ring (bicyclic) bond motifs is 1. The summed E-state index contributed by atoms with van der Waals surface area (Å²) < 4.78 is 0. The molecule has 1 saturated heterocycles. The first-order valence-electron chi connectivity index (χ1n) is 10.9. The van der Waals surface area contributed by atoms with Crippen LogP contribution in [0.3, 0.4) is 0 Å². The minimum Gasteiger partial charge on any atom is -0.368 e. The predicted molar refractivity (Wildman–Crippen MR) is 120 cm³/mol. The Balaban J connectivity index is 1.19. The van der Waals surface area contributed by atoms with E-state index < -0.39 is 5.92 Å². The molecule has 2 aliphatic heterocycles. The Morgan fingerprint density at radius 2 is 1.68 bits per heavy atom. The maximum atomic E-state index is 12.6. The molecule has 1 fully saturated rings. The van der Waals surface area contributed by atoms with Crippen molar-refractivity contribution < 1.29 is 14.4 Å². The second-order valence-electron chi connectivity index (χ2n) is 7.99. The van der Waals surface area contributed by atoms with Gasteiger partial charge >= 0.3 is 0 Å². The number of hydrogen-bond acceptors (Lipinski definition) is 4. The van der Waals surface area contributed by atoms with Crippen LogP contribution in [0.1, 0.15) is 30.7 Å². The molecule has 0 aliphatic carbocycles. The Kier molecular flexibility index (Phi) is 6.50. The van der Waals surface area contributed by atoms with Crippen LogP contribution in [0.15, 0.2) is 54.6 Å². The number of piperazine rings is 1. The molecule has 2 N–H and O–H groups in total. The number of nitrogens with zero attached hydrogens (tertiary/aromatic N) is 2. The fraction of sp³-hybridized carbons (Fsp3) is 0.375. The molecule has 2 aromatic carbocycles. The van der Waals surface area contributed by atoms with Gasteiger partial charge in [0.05, 0.1) is 5.92 Å². The second kappa shape index (κ2) is 9.64. The van der Waals surface area contributed by atoms with Crippen molar-refractivity contribution in [2.24, 2.45) is 0 Å². The summed E-state index contributed by atoms with van der Waals surface area (Å²) in [6.45, 7) is 3.52. The van der Waals surface area contributed by atoms with E-state index in [1.807, 2.05) is 47.4 Å². The van der Waals surface area contributed by atoms with Gasteiger partial charge in [-0.2, -0.15) is 0 Å². The van der Waals surface area contributed by atoms with E-state index in [1.54, 1.807) is 0 Å². The van der Waals surface area contributed by atoms with E-state index in [-0.39, 0.29) is 24.1 Å². The van der Waals surface area contributed by atoms with Gasteiger partial charge in [-0.05, 0) is 30.2 Å². The predicted octanol–water partition coefficient (Wildman–Crippen LogP) is 2.36. The van der Waals surface area contributed by atoms with Gasteiger partial charge in [-0.3, -0.25) is 14.4 Å². The zero-order valence-electron chi connectivity index (χ0n) is 17.5. The van der Waals surface area contributed by atoms with E-state index in [4.69, 9.17) is 0 Å². The van der Waals surface area contributed by atoms with Gasteiger partial charge in [0, 0.05) is 56.9 Å². The number of carbonyl (C=O) groups excluding carboxylic acids is 3. The Hall–Kier alpha value is -3.35. The van der Waals surface area contributed by atoms with Crippen LogP contribution in [0.25, 0.3) is 0 Å². The number of benzene rings is 2. The van der Waals surface area contributed by atoms with Crippen LogP contribution < -0.4 is 15.5 Å². The Bertz CT molecular complexity index is 939. The van der Waals surface area contributed by atoms with E-state index in [2.05, 4.69) is 27.7 Å². The van der Waals surface area contributed by atoms with E-state index in [0.29, 0.717) is 38.2 Å². The summed E-state index contributed by atoms with van der Waals surface area (Å²) in [7, 11) is 0. The van der Waals surface area contributed by atoms with Gasteiger partial charge in [0.1, 0.15) is 0 Å². The summed E-state index contributed by atoms with van der Waals surface area (Å²) in [5.74, 6) is -0.661. The third-order valence-electron chi connectivity index (χ3n) is 5.94. The molecule has 7 heteroatoms. The summed E-state index contributed by atoms with van der Waals surface area (Å²) in [4.78, 5) is 41.3. The Morgan fingerprint density at radius 3 is 2.45 bits per heavy atom. The van der Waals surface area contributed by atoms with Gasteiger partial charge in [-0.25, -0.2) is 0 Å². The average Bonchev–Trinajstić information content (AvgIpc) is 2.81. The normalized spacial score (nSPS) is 18.2. The first-order chi connectivity index (χ1) is 15.1. The molecule has 162 valence electrons. The zero-order valence-corrected chi connectivity index (χ0v) is 17.5. The summed E-state index contributed by atoms with van der Waals surface area (Å²) in [5.41, 5.74) is 2.73. The molecule has 2 heterocycles. The third-order valence-corrected chi connectivity index (χ3v) is 5.94. The largest absolute Gasteiger partial charge is 0.368 e. The molecular weight excluding hydrogens is 392 g/mol. The lowest BCUT2D eigenvalue weighted by Gasteiger charge is -2.36. The summed E-state index contributed by atoms with van der Waals surface area (Å²) in [6, 6.07) is 17.6. The minimum atomic E-state index is -0.480. The highest BCUT2D eigenvalue weighted by Crippen LogP contribution is 2.31. The quantitative estimate of drug-likeness (QED) is 0.703. The highest BCUT2D eigenvalue weighted by molar-refractivity contribution is 6.01. The highest BCUT2D eigenvalue weighted by atomic mass is 16.2. The molecule has 4 rings (SSSR count). The molecule has 0 spiro atoms. The Morgan fingerprint density at radius 1 is 0.968 bits per heavy atom. The Labute approximate surface area is 182 Å². The minimum absolute atomic E-state index is 0.129. The molecule has 2 aromatic rings. The molecule has 1 atom stereocenters. The lowest BCUT2D eigenvalue weighted by molar-refractivity contribution is -0.131. The van der Waals surface area contributed by atoms with Gasteiger partial charge in [0.25, 0.3) is 0 Å². The summed E-state index contributed by atoms with van der Waals surface area (Å²) >= 11 is 0. The van der Waals surface area contributed by atoms with Crippen molar-refractivity contribution in [1.82, 2.24) is 10.2 Å². The number of rotatable bonds is 6. The van der Waals surface area contributed by atoms with E-state index >= 15 is 0 Å². The van der Waals surface area contributed by atoms with Crippen LogP contribution in [-0.2, 0) is 14.4 Å². The van der Waals surface area contributed by atoms with E-state index in [9.17, 15) is 14.4 Å². The fourth-order valence-corrected chi connectivity index (χ4v) is 4.23. The molecule has 0 radical (unpaired) electrons. The lowest BCUT2D eigenvalue weighted by atomic mass is 9.90. The topological polar surface area (TPSA) is 81.8 Å². The summed E-state index contributed by atoms with van der Waals surface area (Å²) in [6.07, 6.45) is 1.14. The van der Waals surface area contributed by atoms with Gasteiger partial charge in [-0.15, -0.1) is 0 Å². The molecule has 2 aliphatic rings. The number of para-hydroxylation sites is 2. The summed E-state index contributed by atoms with van der Waals surface area (Å²) in [5, 5.41) is 5.71. The molecule has 3 amide bonds. The third kappa shape index (κ3) is 5.05. The molecular formula is C24H28N4O3. The first kappa shape index (κ1) is 20.9. The second-order valence-corrected chi connectivity index (χ2v) is 7.99. The first-order valence-corrected chi connectivity index (χ1v) is 10.9. The van der Waals surface area contributed by atoms with Gasteiger partial charge in [-0.1, -0.05) is 36.4 Å². The van der Waals surface area contributed by atoms with Crippen LogP contribution in [-0.4, -0.2) is 55.3 Å². The van der Waals surface area contributed by atoms with Crippen LogP contribution >= 0.6 is 0 Å². The van der Waals surface area contributed by atoms with Gasteiger partial charge < -0.3 is 20.4 Å². The highest BCUT2D eigenvalue weighted by Gasteiger charge is 2.30. The van der Waals surface area contributed by atoms with Crippen molar-refractivity contribution in [3.8, 4) is 0 Å². The van der Waals surface area contributed by atoms with Crippen LogP contribution in [0.4, 0.5) is 11.4 Å². The van der Waals surface area contributed by atoms with Gasteiger partial charge in [0.15, 0.2) is 0 Å². The maximum absolute atomic E-state index is 12.6. The molecule has 0 saturated carbocycles. The number of hydrogen-bond donors (Lipinski definition) is 2. The molecule has 1 unspecified atom stereocenters. The molecule has 7 nitrogen and oxygen atoms in total. The molecule has 31 heavy (non-hydrogen) atoms. The smallest absolute Gasteiger partial charge is 0.228 e. The number of carbonyl (C=O) groups is 3. The number of nitrogens with one attached hydrogen (secondary N) is 2. The van der Waals surface area contributed by atoms with Crippen molar-refractivity contribution in [2.45, 2.75) is 25.2 Å². The maximum Gasteiger partial charge on any atom is 0.228 e. The van der Waals surface area contributed by atoms with Crippen molar-refractivity contribution in [3.05, 3.63) is 60.2 Å². The monoisotopic (exact) mass is 420 g/mol. The number of anilines is 2. The van der Waals surface area contributed by atoms with Crippen molar-refractivity contribution in [1.29, 1.82) is 0 Å². The van der Waals surface area contributed by atoms with Gasteiger partial charge in [0.2, 0.25) is 17.7 Å². The standard InChI is InChI=1S/C24H28N4O3/c29-22-17-20(19-9-4-5-10-21(19)26-22)24(31)25-12-6-11-23(30)28-15-13-27(14-16-28)18-7-2-1-3-8-18/h1-5,7-10,20H,6,11-17H2,(H,25,31)(H,26,29). The van der Waals surface area contributed by atoms with Crippen molar-refractivity contribution in [2.75, 3.05) is 42.9 Å². The fourth-order valence-electron chi connectivity index (χ4n) is 4.23. The van der Waals surface area contributed by atoms with Crippen LogP contribution in [0.2, 0.25) is 0 Å². The zero-order chi connectivity index (χ0) is 21.6. The molecule has 0 aromatic heterocycles. The van der Waals surface area contributed by atoms with E-state index in [1.165, 1.54) is 5.69 Å². The lowest BCUT2D eigenvalue weighted by Crippen LogP contribution is -2.48. The van der Waals surface area contributed by atoms with Crippen LogP contribution in [0.5, 0.6) is 0 Å². The average molecular weight is 421 g/mol. The van der Waals surface area contributed by atoms with Crippen LogP contribution in [0, 0.1) is 0 Å². The number of amides is 3. The molecule has 0 bridgehead atoms. The van der Waals surface area contributed by atoms with Crippen molar-refractivity contribution in [3.63, 3.8) is 0 Å². The SMILES string of the molecule is O=C1CC(C(=O)NCCCC(=O)N2CCN(c3ccccc3)CC2)c2ccccc2N1. The van der Waals surface area contributed by atoms with Crippen molar-refractivity contribution >= 4 is 29.1 Å². The van der Waals surface area contributed by atoms with E-state index in [0.717, 1.165) is 18.7 Å².